The SMILES string of the molecule is CCCCc1cccc(-c2cc3ccc(OCCCc4cccc(-c5cc6ccc(O)cc6c(=O)o5)c4)cc3c(=O)o2)c1. The van der Waals surface area contributed by atoms with Crippen molar-refractivity contribution >= 4 is 21.5 Å². The second kappa shape index (κ2) is 12.4. The van der Waals surface area contributed by atoms with E-state index in [1.165, 1.54) is 11.6 Å². The van der Waals surface area contributed by atoms with Gasteiger partial charge in [0.15, 0.2) is 0 Å². The van der Waals surface area contributed by atoms with E-state index in [0.29, 0.717) is 40.0 Å². The molecule has 0 saturated carbocycles. The Morgan fingerprint density at radius 2 is 1.23 bits per heavy atom. The summed E-state index contributed by atoms with van der Waals surface area (Å²) in [5.74, 6) is 1.68. The molecule has 216 valence electrons. The Hall–Kier alpha value is -5.10. The maximum absolute atomic E-state index is 12.9. The molecule has 0 aliphatic heterocycles. The van der Waals surface area contributed by atoms with Crippen LogP contribution < -0.4 is 16.0 Å². The fourth-order valence-electron chi connectivity index (χ4n) is 5.32. The van der Waals surface area contributed by atoms with Gasteiger partial charge < -0.3 is 18.7 Å². The maximum Gasteiger partial charge on any atom is 0.344 e. The normalized spacial score (nSPS) is 11.3. The van der Waals surface area contributed by atoms with Crippen LogP contribution in [-0.2, 0) is 12.8 Å². The van der Waals surface area contributed by atoms with Gasteiger partial charge in [-0.3, -0.25) is 0 Å². The zero-order valence-electron chi connectivity index (χ0n) is 24.0. The molecule has 0 saturated heterocycles. The zero-order chi connectivity index (χ0) is 29.8. The highest BCUT2D eigenvalue weighted by atomic mass is 16.5. The summed E-state index contributed by atoms with van der Waals surface area (Å²) in [6.45, 7) is 2.65. The van der Waals surface area contributed by atoms with Gasteiger partial charge in [0.25, 0.3) is 0 Å². The molecule has 4 aromatic carbocycles. The van der Waals surface area contributed by atoms with Crippen molar-refractivity contribution in [3.63, 3.8) is 0 Å². The van der Waals surface area contributed by atoms with E-state index >= 15 is 0 Å². The highest BCUT2D eigenvalue weighted by Crippen LogP contribution is 2.27. The Bertz CT molecular complexity index is 2030. The topological polar surface area (TPSA) is 89.9 Å². The minimum atomic E-state index is -0.487. The van der Waals surface area contributed by atoms with Crippen LogP contribution >= 0.6 is 0 Å². The van der Waals surface area contributed by atoms with Crippen molar-refractivity contribution in [2.24, 2.45) is 0 Å². The van der Waals surface area contributed by atoms with Crippen LogP contribution in [0.5, 0.6) is 11.5 Å². The summed E-state index contributed by atoms with van der Waals surface area (Å²) >= 11 is 0. The average molecular weight is 573 g/mol. The van der Waals surface area contributed by atoms with E-state index in [9.17, 15) is 14.7 Å². The number of aromatic hydroxyl groups is 1. The van der Waals surface area contributed by atoms with Gasteiger partial charge in [-0.05, 0) is 96.1 Å². The highest BCUT2D eigenvalue weighted by molar-refractivity contribution is 5.86. The van der Waals surface area contributed by atoms with Gasteiger partial charge in [-0.15, -0.1) is 0 Å². The smallest absolute Gasteiger partial charge is 0.344 e. The van der Waals surface area contributed by atoms with Crippen molar-refractivity contribution in [3.8, 4) is 34.1 Å². The summed E-state index contributed by atoms with van der Waals surface area (Å²) in [5.41, 5.74) is 3.16. The van der Waals surface area contributed by atoms with E-state index in [0.717, 1.165) is 54.2 Å². The van der Waals surface area contributed by atoms with Crippen molar-refractivity contribution in [3.05, 3.63) is 129 Å². The lowest BCUT2D eigenvalue weighted by Crippen LogP contribution is -2.03. The van der Waals surface area contributed by atoms with Gasteiger partial charge in [-0.1, -0.05) is 61.9 Å². The Kier molecular flexibility index (Phi) is 8.09. The first-order chi connectivity index (χ1) is 21.0. The van der Waals surface area contributed by atoms with Gasteiger partial charge in [0.1, 0.15) is 23.0 Å². The fourth-order valence-corrected chi connectivity index (χ4v) is 5.32. The minimum Gasteiger partial charge on any atom is -0.508 e. The first kappa shape index (κ1) is 28.0. The van der Waals surface area contributed by atoms with Crippen LogP contribution in [0.25, 0.3) is 44.2 Å². The van der Waals surface area contributed by atoms with Gasteiger partial charge >= 0.3 is 11.3 Å². The van der Waals surface area contributed by atoms with E-state index in [4.69, 9.17) is 13.6 Å². The van der Waals surface area contributed by atoms with Crippen molar-refractivity contribution in [2.75, 3.05) is 6.61 Å². The minimum absolute atomic E-state index is 0.0253. The summed E-state index contributed by atoms with van der Waals surface area (Å²) in [7, 11) is 0. The number of aryl methyl sites for hydroxylation is 2. The predicted molar refractivity (Wildman–Crippen MR) is 170 cm³/mol. The summed E-state index contributed by atoms with van der Waals surface area (Å²) < 4.78 is 17.2. The van der Waals surface area contributed by atoms with Crippen LogP contribution in [-0.4, -0.2) is 11.7 Å². The van der Waals surface area contributed by atoms with Gasteiger partial charge in [-0.2, -0.15) is 0 Å². The molecule has 0 unspecified atom stereocenters. The molecule has 6 nitrogen and oxygen atoms in total. The van der Waals surface area contributed by atoms with Gasteiger partial charge in [-0.25, -0.2) is 9.59 Å². The van der Waals surface area contributed by atoms with E-state index in [2.05, 4.69) is 19.1 Å². The molecule has 2 heterocycles. The Morgan fingerprint density at radius 1 is 0.651 bits per heavy atom. The first-order valence-electron chi connectivity index (χ1n) is 14.6. The van der Waals surface area contributed by atoms with Crippen molar-refractivity contribution < 1.29 is 18.7 Å². The summed E-state index contributed by atoms with van der Waals surface area (Å²) in [5, 5.41) is 12.0. The molecule has 6 heteroatoms. The third kappa shape index (κ3) is 6.38. The van der Waals surface area contributed by atoms with E-state index in [-0.39, 0.29) is 11.4 Å². The number of hydrogen-bond donors (Lipinski definition) is 1. The molecular weight excluding hydrogens is 540 g/mol. The van der Waals surface area contributed by atoms with E-state index in [1.807, 2.05) is 60.7 Å². The number of fused-ring (bicyclic) bond motifs is 2. The second-order valence-corrected chi connectivity index (χ2v) is 10.8. The molecule has 0 amide bonds. The largest absolute Gasteiger partial charge is 0.508 e. The Balaban J connectivity index is 1.11. The lowest BCUT2D eigenvalue weighted by molar-refractivity contribution is 0.311. The number of phenolic OH excluding ortho intramolecular Hbond substituents is 1. The zero-order valence-corrected chi connectivity index (χ0v) is 24.0. The molecule has 2 aromatic heterocycles. The molecule has 6 rings (SSSR count). The lowest BCUT2D eigenvalue weighted by Gasteiger charge is -2.09. The summed E-state index contributed by atoms with van der Waals surface area (Å²) in [4.78, 5) is 25.4. The van der Waals surface area contributed by atoms with Crippen LogP contribution in [0, 0.1) is 0 Å². The molecule has 6 aromatic rings. The van der Waals surface area contributed by atoms with Crippen molar-refractivity contribution in [2.45, 2.75) is 39.0 Å². The van der Waals surface area contributed by atoms with E-state index in [1.54, 1.807) is 18.2 Å². The third-order valence-corrected chi connectivity index (χ3v) is 7.60. The highest BCUT2D eigenvalue weighted by Gasteiger charge is 2.11. The first-order valence-corrected chi connectivity index (χ1v) is 14.6. The van der Waals surface area contributed by atoms with Gasteiger partial charge in [0.2, 0.25) is 0 Å². The fraction of sp³-hybridized carbons (Fsp3) is 0.189. The van der Waals surface area contributed by atoms with Gasteiger partial charge in [0, 0.05) is 11.1 Å². The quantitative estimate of drug-likeness (QED) is 0.166. The molecule has 0 aliphatic rings. The number of benzene rings is 4. The molecule has 0 bridgehead atoms. The summed E-state index contributed by atoms with van der Waals surface area (Å²) in [6, 6.07) is 29.9. The molecular formula is C37H32O6. The average Bonchev–Trinajstić information content (AvgIpc) is 3.03. The molecule has 0 spiro atoms. The van der Waals surface area contributed by atoms with E-state index < -0.39 is 5.63 Å². The van der Waals surface area contributed by atoms with Crippen LogP contribution in [0.1, 0.15) is 37.3 Å². The van der Waals surface area contributed by atoms with Crippen LogP contribution in [0.15, 0.2) is 115 Å². The third-order valence-electron chi connectivity index (χ3n) is 7.60. The maximum atomic E-state index is 12.9. The molecule has 0 aliphatic carbocycles. The molecule has 43 heavy (non-hydrogen) atoms. The number of hydrogen-bond acceptors (Lipinski definition) is 6. The molecule has 1 N–H and O–H groups in total. The van der Waals surface area contributed by atoms with Gasteiger partial charge in [0.05, 0.1) is 17.4 Å². The number of rotatable bonds is 10. The molecule has 0 atom stereocenters. The molecule has 0 radical (unpaired) electrons. The van der Waals surface area contributed by atoms with Crippen LogP contribution in [0.2, 0.25) is 0 Å². The van der Waals surface area contributed by atoms with Crippen LogP contribution in [0.4, 0.5) is 0 Å². The predicted octanol–water partition coefficient (Wildman–Crippen LogP) is 8.29. The number of ether oxygens (including phenoxy) is 1. The lowest BCUT2D eigenvalue weighted by atomic mass is 10.0. The monoisotopic (exact) mass is 572 g/mol. The summed E-state index contributed by atoms with van der Waals surface area (Å²) in [6.07, 6.45) is 4.77. The van der Waals surface area contributed by atoms with Crippen molar-refractivity contribution in [1.29, 1.82) is 0 Å². The second-order valence-electron chi connectivity index (χ2n) is 10.8. The number of phenols is 1. The van der Waals surface area contributed by atoms with Crippen molar-refractivity contribution in [1.82, 2.24) is 0 Å². The standard InChI is InChI=1S/C37H32O6/c1-2-3-7-24-8-4-11-28(18-24)35-21-27-14-16-31(23-33(27)37(40)43-35)41-17-6-10-25-9-5-12-29(19-25)34-20-26-13-15-30(38)22-32(26)36(39)42-34/h4-5,8-9,11-16,18-23,38H,2-3,6-7,10,17H2,1H3. The Labute approximate surface area is 248 Å². The molecule has 0 fully saturated rings. The van der Waals surface area contributed by atoms with Crippen LogP contribution in [0.3, 0.4) is 0 Å². The Morgan fingerprint density at radius 3 is 1.86 bits per heavy atom. The number of unbranched alkanes of at least 4 members (excludes halogenated alkanes) is 1.